The minimum Gasteiger partial charge on any atom is -0.465 e. The number of esters is 1. The number of carbonyl (C=O) groups excluding carboxylic acids is 1. The largest absolute Gasteiger partial charge is 0.465 e. The van der Waals surface area contributed by atoms with E-state index >= 15 is 0 Å². The van der Waals surface area contributed by atoms with Gasteiger partial charge in [-0.05, 0) is 12.8 Å². The van der Waals surface area contributed by atoms with Gasteiger partial charge in [-0.15, -0.1) is 0 Å². The van der Waals surface area contributed by atoms with Crippen LogP contribution in [0, 0.1) is 5.92 Å². The molecule has 0 aliphatic carbocycles. The van der Waals surface area contributed by atoms with Gasteiger partial charge in [0.25, 0.3) is 0 Å². The van der Waals surface area contributed by atoms with Crippen molar-refractivity contribution in [1.29, 1.82) is 0 Å². The molecule has 0 spiro atoms. The van der Waals surface area contributed by atoms with Crippen LogP contribution in [0.3, 0.4) is 0 Å². The second-order valence-corrected chi connectivity index (χ2v) is 8.22. The standard InChI is InChI=1S/C23H44O2/c1-22-20-18-16-14-12-10-8-6-4-2-3-5-7-9-11-13-15-17-19-21-25-23(22)24/h22H,2-21H2,1H3. The lowest BCUT2D eigenvalue weighted by molar-refractivity contribution is -0.148. The average molecular weight is 353 g/mol. The predicted octanol–water partition coefficient (Wildman–Crippen LogP) is 7.59. The quantitative estimate of drug-likeness (QED) is 0.420. The molecule has 0 bridgehead atoms. The van der Waals surface area contributed by atoms with Crippen LogP contribution in [0.4, 0.5) is 0 Å². The number of rotatable bonds is 0. The summed E-state index contributed by atoms with van der Waals surface area (Å²) in [5.41, 5.74) is 0. The van der Waals surface area contributed by atoms with Gasteiger partial charge in [0.15, 0.2) is 0 Å². The Bertz CT molecular complexity index is 300. The second kappa shape index (κ2) is 16.9. The fourth-order valence-corrected chi connectivity index (χ4v) is 3.81. The van der Waals surface area contributed by atoms with Crippen molar-refractivity contribution < 1.29 is 9.53 Å². The van der Waals surface area contributed by atoms with Crippen molar-refractivity contribution in [2.45, 2.75) is 129 Å². The molecule has 1 unspecified atom stereocenters. The molecule has 0 aromatic carbocycles. The van der Waals surface area contributed by atoms with Crippen LogP contribution in [0.25, 0.3) is 0 Å². The highest BCUT2D eigenvalue weighted by atomic mass is 16.5. The Labute approximate surface area is 157 Å². The molecule has 2 nitrogen and oxygen atoms in total. The lowest BCUT2D eigenvalue weighted by Gasteiger charge is -2.11. The fourth-order valence-electron chi connectivity index (χ4n) is 3.81. The first-order valence-corrected chi connectivity index (χ1v) is 11.5. The predicted molar refractivity (Wildman–Crippen MR) is 108 cm³/mol. The van der Waals surface area contributed by atoms with E-state index in [-0.39, 0.29) is 11.9 Å². The van der Waals surface area contributed by atoms with Gasteiger partial charge in [-0.2, -0.15) is 0 Å². The van der Waals surface area contributed by atoms with E-state index < -0.39 is 0 Å². The summed E-state index contributed by atoms with van der Waals surface area (Å²) in [6, 6.07) is 0. The van der Waals surface area contributed by atoms with E-state index in [9.17, 15) is 4.79 Å². The van der Waals surface area contributed by atoms with Crippen molar-refractivity contribution in [2.75, 3.05) is 6.61 Å². The maximum absolute atomic E-state index is 12.0. The molecule has 0 saturated carbocycles. The molecule has 148 valence electrons. The molecule has 1 aliphatic rings. The van der Waals surface area contributed by atoms with Gasteiger partial charge in [-0.25, -0.2) is 0 Å². The maximum atomic E-state index is 12.0. The Morgan fingerprint density at radius 2 is 0.880 bits per heavy atom. The van der Waals surface area contributed by atoms with Gasteiger partial charge in [-0.3, -0.25) is 4.79 Å². The average Bonchev–Trinajstić information content (AvgIpc) is 2.61. The lowest BCUT2D eigenvalue weighted by Crippen LogP contribution is -2.15. The summed E-state index contributed by atoms with van der Waals surface area (Å²) in [6.45, 7) is 2.66. The summed E-state index contributed by atoms with van der Waals surface area (Å²) < 4.78 is 5.44. The van der Waals surface area contributed by atoms with Gasteiger partial charge < -0.3 is 4.74 Å². The van der Waals surface area contributed by atoms with Crippen molar-refractivity contribution in [3.63, 3.8) is 0 Å². The third-order valence-electron chi connectivity index (χ3n) is 5.68. The van der Waals surface area contributed by atoms with E-state index in [4.69, 9.17) is 4.74 Å². The fraction of sp³-hybridized carbons (Fsp3) is 0.957. The zero-order valence-corrected chi connectivity index (χ0v) is 17.0. The van der Waals surface area contributed by atoms with Gasteiger partial charge in [0.1, 0.15) is 0 Å². The minimum atomic E-state index is 0.0263. The maximum Gasteiger partial charge on any atom is 0.308 e. The SMILES string of the molecule is CC1CCCCCCCCCCCCCCCCCCCCOC1=O. The van der Waals surface area contributed by atoms with Crippen LogP contribution < -0.4 is 0 Å². The van der Waals surface area contributed by atoms with Gasteiger partial charge in [0.2, 0.25) is 0 Å². The summed E-state index contributed by atoms with van der Waals surface area (Å²) in [5.74, 6) is 0.111. The first-order chi connectivity index (χ1) is 12.3. The van der Waals surface area contributed by atoms with Crippen LogP contribution >= 0.6 is 0 Å². The van der Waals surface area contributed by atoms with E-state index in [0.29, 0.717) is 6.61 Å². The van der Waals surface area contributed by atoms with Crippen molar-refractivity contribution in [3.8, 4) is 0 Å². The van der Waals surface area contributed by atoms with Crippen molar-refractivity contribution in [2.24, 2.45) is 5.92 Å². The Balaban J connectivity index is 2.16. The number of carbonyl (C=O) groups is 1. The molecule has 2 heteroatoms. The van der Waals surface area contributed by atoms with E-state index in [2.05, 4.69) is 0 Å². The number of ether oxygens (including phenoxy) is 1. The van der Waals surface area contributed by atoms with Crippen LogP contribution in [0.1, 0.15) is 129 Å². The molecule has 0 N–H and O–H groups in total. The van der Waals surface area contributed by atoms with E-state index in [1.165, 1.54) is 109 Å². The van der Waals surface area contributed by atoms with Crippen LogP contribution in [-0.4, -0.2) is 12.6 Å². The second-order valence-electron chi connectivity index (χ2n) is 8.22. The first kappa shape index (κ1) is 22.5. The molecule has 0 aromatic heterocycles. The molecular formula is C23H44O2. The number of hydrogen-bond donors (Lipinski definition) is 0. The summed E-state index contributed by atoms with van der Waals surface area (Å²) in [5, 5.41) is 0. The Morgan fingerprint density at radius 3 is 1.28 bits per heavy atom. The first-order valence-electron chi connectivity index (χ1n) is 11.5. The van der Waals surface area contributed by atoms with Crippen molar-refractivity contribution in [3.05, 3.63) is 0 Å². The Hall–Kier alpha value is -0.530. The van der Waals surface area contributed by atoms with Gasteiger partial charge in [0, 0.05) is 0 Å². The van der Waals surface area contributed by atoms with Crippen molar-refractivity contribution >= 4 is 5.97 Å². The monoisotopic (exact) mass is 352 g/mol. The summed E-state index contributed by atoms with van der Waals surface area (Å²) in [4.78, 5) is 12.0. The van der Waals surface area contributed by atoms with E-state index in [0.717, 1.165) is 12.8 Å². The normalized spacial score (nSPS) is 25.8. The van der Waals surface area contributed by atoms with E-state index in [1.54, 1.807) is 0 Å². The Morgan fingerprint density at radius 1 is 0.560 bits per heavy atom. The molecule has 25 heavy (non-hydrogen) atoms. The molecule has 1 heterocycles. The molecule has 1 saturated heterocycles. The highest BCUT2D eigenvalue weighted by Crippen LogP contribution is 2.16. The molecule has 1 rings (SSSR count). The van der Waals surface area contributed by atoms with Crippen LogP contribution in [-0.2, 0) is 9.53 Å². The lowest BCUT2D eigenvalue weighted by atomic mass is 10.0. The molecule has 1 aliphatic heterocycles. The van der Waals surface area contributed by atoms with Gasteiger partial charge in [0.05, 0.1) is 12.5 Å². The third-order valence-corrected chi connectivity index (χ3v) is 5.68. The highest BCUT2D eigenvalue weighted by molar-refractivity contribution is 5.71. The number of hydrogen-bond acceptors (Lipinski definition) is 2. The van der Waals surface area contributed by atoms with Gasteiger partial charge in [-0.1, -0.05) is 116 Å². The smallest absolute Gasteiger partial charge is 0.308 e. The van der Waals surface area contributed by atoms with Crippen LogP contribution in [0.2, 0.25) is 0 Å². The minimum absolute atomic E-state index is 0.0263. The van der Waals surface area contributed by atoms with Crippen LogP contribution in [0.15, 0.2) is 0 Å². The molecule has 0 radical (unpaired) electrons. The third kappa shape index (κ3) is 14.3. The number of cyclic esters (lactones) is 1. The van der Waals surface area contributed by atoms with Crippen molar-refractivity contribution in [1.82, 2.24) is 0 Å². The van der Waals surface area contributed by atoms with Crippen LogP contribution in [0.5, 0.6) is 0 Å². The summed E-state index contributed by atoms with van der Waals surface area (Å²) in [6.07, 6.45) is 25.3. The summed E-state index contributed by atoms with van der Waals surface area (Å²) in [7, 11) is 0. The Kier molecular flexibility index (Phi) is 15.2. The zero-order valence-electron chi connectivity index (χ0n) is 17.0. The van der Waals surface area contributed by atoms with E-state index in [1.807, 2.05) is 6.92 Å². The topological polar surface area (TPSA) is 26.3 Å². The summed E-state index contributed by atoms with van der Waals surface area (Å²) >= 11 is 0. The van der Waals surface area contributed by atoms with Gasteiger partial charge >= 0.3 is 5.97 Å². The highest BCUT2D eigenvalue weighted by Gasteiger charge is 2.13. The molecule has 1 atom stereocenters. The molecular weight excluding hydrogens is 308 g/mol. The molecule has 1 fully saturated rings. The zero-order chi connectivity index (χ0) is 18.0. The molecule has 0 aromatic rings. The molecule has 0 amide bonds.